The molecule has 2 aromatic rings. The third-order valence-electron chi connectivity index (χ3n) is 5.92. The van der Waals surface area contributed by atoms with Gasteiger partial charge in [0, 0.05) is 12.5 Å². The number of nitrogens with zero attached hydrogens (tertiary/aromatic N) is 4. The molecule has 10 heteroatoms. The number of anilines is 2. The molecule has 3 atom stereocenters. The van der Waals surface area contributed by atoms with Crippen molar-refractivity contribution in [1.82, 2.24) is 9.97 Å². The fourth-order valence-electron chi connectivity index (χ4n) is 4.29. The first-order chi connectivity index (χ1) is 15.0. The van der Waals surface area contributed by atoms with E-state index in [2.05, 4.69) is 9.97 Å². The highest BCUT2D eigenvalue weighted by molar-refractivity contribution is 5.97. The summed E-state index contributed by atoms with van der Waals surface area (Å²) in [4.78, 5) is 37.1. The highest BCUT2D eigenvalue weighted by atomic mass is 16.6. The number of hydrogen-bond acceptors (Lipinski definition) is 8. The van der Waals surface area contributed by atoms with Gasteiger partial charge in [0.25, 0.3) is 5.91 Å². The predicted molar refractivity (Wildman–Crippen MR) is 110 cm³/mol. The van der Waals surface area contributed by atoms with Crippen molar-refractivity contribution in [3.8, 4) is 11.5 Å². The third-order valence-corrected chi connectivity index (χ3v) is 5.92. The van der Waals surface area contributed by atoms with Crippen LogP contribution in [0.15, 0.2) is 30.5 Å². The highest BCUT2D eigenvalue weighted by Crippen LogP contribution is 2.37. The average Bonchev–Trinajstić information content (AvgIpc) is 3.10. The van der Waals surface area contributed by atoms with E-state index in [4.69, 9.17) is 19.9 Å². The number of benzene rings is 1. The number of fused-ring (bicyclic) bond motifs is 2. The van der Waals surface area contributed by atoms with E-state index in [0.29, 0.717) is 31.0 Å². The first-order valence-corrected chi connectivity index (χ1v) is 10.2. The van der Waals surface area contributed by atoms with Crippen molar-refractivity contribution in [2.45, 2.75) is 44.0 Å². The number of amides is 2. The van der Waals surface area contributed by atoms with E-state index >= 15 is 0 Å². The second kappa shape index (κ2) is 7.69. The molecule has 1 saturated carbocycles. The van der Waals surface area contributed by atoms with Crippen molar-refractivity contribution in [1.29, 1.82) is 0 Å². The molecule has 1 aliphatic carbocycles. The molecule has 1 saturated heterocycles. The van der Waals surface area contributed by atoms with Crippen molar-refractivity contribution in [2.24, 2.45) is 5.73 Å². The molecule has 0 spiro atoms. The van der Waals surface area contributed by atoms with Gasteiger partial charge in [0.1, 0.15) is 11.9 Å². The Morgan fingerprint density at radius 2 is 2.03 bits per heavy atom. The molecule has 31 heavy (non-hydrogen) atoms. The third kappa shape index (κ3) is 3.52. The van der Waals surface area contributed by atoms with Crippen LogP contribution in [-0.2, 0) is 16.1 Å². The van der Waals surface area contributed by atoms with Crippen molar-refractivity contribution < 1.29 is 23.8 Å². The average molecular weight is 425 g/mol. The molecule has 3 aliphatic rings. The fraction of sp³-hybridized carbons (Fsp3) is 0.429. The first kappa shape index (κ1) is 19.6. The van der Waals surface area contributed by atoms with Crippen molar-refractivity contribution in [3.63, 3.8) is 0 Å². The van der Waals surface area contributed by atoms with Crippen molar-refractivity contribution in [3.05, 3.63) is 36.0 Å². The summed E-state index contributed by atoms with van der Waals surface area (Å²) >= 11 is 0. The molecule has 0 radical (unpaired) electrons. The summed E-state index contributed by atoms with van der Waals surface area (Å²) in [5.74, 6) is 1.44. The van der Waals surface area contributed by atoms with Crippen molar-refractivity contribution >= 4 is 23.8 Å². The zero-order valence-corrected chi connectivity index (χ0v) is 17.1. The smallest absolute Gasteiger partial charge is 0.417 e. The number of aromatic nitrogens is 2. The maximum Gasteiger partial charge on any atom is 0.417 e. The number of ether oxygens (including phenoxy) is 3. The molecule has 162 valence electrons. The number of methoxy groups -OCH3 is 1. The summed E-state index contributed by atoms with van der Waals surface area (Å²) in [6, 6.07) is 7.29. The van der Waals surface area contributed by atoms with E-state index in [1.165, 1.54) is 11.1 Å². The molecule has 10 nitrogen and oxygen atoms in total. The van der Waals surface area contributed by atoms with Gasteiger partial charge in [0.15, 0.2) is 18.2 Å². The first-order valence-electron chi connectivity index (χ1n) is 10.2. The van der Waals surface area contributed by atoms with Gasteiger partial charge >= 0.3 is 6.09 Å². The zero-order chi connectivity index (χ0) is 21.5. The second-order valence-electron chi connectivity index (χ2n) is 7.91. The summed E-state index contributed by atoms with van der Waals surface area (Å²) in [6.45, 7) is 0.210. The number of carbonyl (C=O) groups excluding carboxylic acids is 2. The van der Waals surface area contributed by atoms with Crippen LogP contribution in [0.3, 0.4) is 0 Å². The monoisotopic (exact) mass is 425 g/mol. The summed E-state index contributed by atoms with van der Waals surface area (Å²) in [6.07, 6.45) is 2.86. The SMILES string of the molecule is COc1ccc(CN2C(=O)COc3cnc(N4C(=O)O[C@@H]5C[C@H](N)CC[C@H]54)nc32)cc1. The van der Waals surface area contributed by atoms with Gasteiger partial charge < -0.3 is 19.9 Å². The van der Waals surface area contributed by atoms with Crippen LogP contribution in [0.2, 0.25) is 0 Å². The molecular formula is C21H23N5O5. The van der Waals surface area contributed by atoms with Crippen LogP contribution < -0.4 is 25.0 Å². The van der Waals surface area contributed by atoms with Crippen LogP contribution in [0, 0.1) is 0 Å². The quantitative estimate of drug-likeness (QED) is 0.785. The predicted octanol–water partition coefficient (Wildman–Crippen LogP) is 1.62. The van der Waals surface area contributed by atoms with Crippen LogP contribution >= 0.6 is 0 Å². The van der Waals surface area contributed by atoms with Gasteiger partial charge in [-0.2, -0.15) is 4.98 Å². The summed E-state index contributed by atoms with van der Waals surface area (Å²) < 4.78 is 16.2. The Morgan fingerprint density at radius 1 is 1.23 bits per heavy atom. The lowest BCUT2D eigenvalue weighted by Gasteiger charge is -2.31. The van der Waals surface area contributed by atoms with E-state index in [1.807, 2.05) is 24.3 Å². The van der Waals surface area contributed by atoms with Gasteiger partial charge in [0.05, 0.1) is 25.9 Å². The Hall–Kier alpha value is -3.40. The van der Waals surface area contributed by atoms with Gasteiger partial charge in [-0.05, 0) is 30.5 Å². The minimum Gasteiger partial charge on any atom is -0.497 e. The largest absolute Gasteiger partial charge is 0.497 e. The van der Waals surface area contributed by atoms with Gasteiger partial charge in [0.2, 0.25) is 5.95 Å². The molecule has 0 unspecified atom stereocenters. The maximum absolute atomic E-state index is 12.6. The maximum atomic E-state index is 12.6. The highest BCUT2D eigenvalue weighted by Gasteiger charge is 2.47. The molecular weight excluding hydrogens is 402 g/mol. The Labute approximate surface area is 178 Å². The minimum atomic E-state index is -0.492. The molecule has 2 N–H and O–H groups in total. The van der Waals surface area contributed by atoms with Crippen LogP contribution in [0.1, 0.15) is 24.8 Å². The second-order valence-corrected chi connectivity index (χ2v) is 7.91. The van der Waals surface area contributed by atoms with Crippen LogP contribution in [0.25, 0.3) is 0 Å². The van der Waals surface area contributed by atoms with Crippen LogP contribution in [-0.4, -0.2) is 53.9 Å². The van der Waals surface area contributed by atoms with E-state index in [0.717, 1.165) is 17.7 Å². The summed E-state index contributed by atoms with van der Waals surface area (Å²) in [5.41, 5.74) is 6.93. The zero-order valence-electron chi connectivity index (χ0n) is 17.1. The minimum absolute atomic E-state index is 0.0180. The number of rotatable bonds is 4. The van der Waals surface area contributed by atoms with Crippen LogP contribution in [0.4, 0.5) is 16.6 Å². The molecule has 2 aliphatic heterocycles. The topological polar surface area (TPSA) is 120 Å². The van der Waals surface area contributed by atoms with E-state index in [1.54, 1.807) is 12.0 Å². The van der Waals surface area contributed by atoms with Gasteiger partial charge in [-0.1, -0.05) is 12.1 Å². The number of nitrogens with two attached hydrogens (primary N) is 1. The van der Waals surface area contributed by atoms with Gasteiger partial charge in [-0.25, -0.2) is 14.7 Å². The van der Waals surface area contributed by atoms with Gasteiger partial charge in [-0.3, -0.25) is 9.69 Å². The lowest BCUT2D eigenvalue weighted by atomic mass is 9.89. The molecule has 3 heterocycles. The normalized spacial score (nSPS) is 24.9. The lowest BCUT2D eigenvalue weighted by Crippen LogP contribution is -2.45. The number of carbonyl (C=O) groups is 2. The molecule has 2 amide bonds. The molecule has 2 fully saturated rings. The molecule has 1 aromatic heterocycles. The van der Waals surface area contributed by atoms with E-state index < -0.39 is 6.09 Å². The van der Waals surface area contributed by atoms with Crippen molar-refractivity contribution in [2.75, 3.05) is 23.5 Å². The Kier molecular flexibility index (Phi) is 4.85. The number of hydrogen-bond donors (Lipinski definition) is 1. The van der Waals surface area contributed by atoms with E-state index in [9.17, 15) is 9.59 Å². The summed E-state index contributed by atoms with van der Waals surface area (Å²) in [5, 5.41) is 0. The Morgan fingerprint density at radius 3 is 2.81 bits per heavy atom. The molecule has 5 rings (SSSR count). The molecule has 0 bridgehead atoms. The Balaban J connectivity index is 1.45. The fourth-order valence-corrected chi connectivity index (χ4v) is 4.29. The van der Waals surface area contributed by atoms with Gasteiger partial charge in [-0.15, -0.1) is 0 Å². The molecule has 1 aromatic carbocycles. The summed E-state index contributed by atoms with van der Waals surface area (Å²) in [7, 11) is 1.60. The Bertz CT molecular complexity index is 1010. The standard InChI is InChI=1S/C21H23N5O5/c1-29-14-5-2-12(3-6-14)10-25-18(27)11-30-17-9-23-20(24-19(17)25)26-15-7-4-13(22)8-16(15)31-21(26)28/h2-3,5-6,9,13,15-16H,4,7-8,10-11,22H2,1H3/t13-,15-,16-/m1/s1. The lowest BCUT2D eigenvalue weighted by molar-refractivity contribution is -0.121. The van der Waals surface area contributed by atoms with E-state index in [-0.39, 0.29) is 36.7 Å². The van der Waals surface area contributed by atoms with Crippen LogP contribution in [0.5, 0.6) is 11.5 Å².